The molecular formula is C21H25NO3S. The second-order valence-electron chi connectivity index (χ2n) is 7.04. The fraction of sp³-hybridized carbons (Fsp3) is 0.476. The summed E-state index contributed by atoms with van der Waals surface area (Å²) >= 11 is 1.71. The molecule has 0 saturated carbocycles. The van der Waals surface area contributed by atoms with E-state index < -0.39 is 0 Å². The number of benzene rings is 1. The molecule has 1 aliphatic carbocycles. The van der Waals surface area contributed by atoms with Gasteiger partial charge in [-0.1, -0.05) is 6.07 Å². The van der Waals surface area contributed by atoms with Crippen LogP contribution in [0, 0.1) is 0 Å². The number of methoxy groups -OCH3 is 2. The van der Waals surface area contributed by atoms with E-state index >= 15 is 0 Å². The lowest BCUT2D eigenvalue weighted by Crippen LogP contribution is -2.30. The minimum absolute atomic E-state index is 0.112. The Kier molecular flexibility index (Phi) is 4.90. The van der Waals surface area contributed by atoms with Gasteiger partial charge in [0.15, 0.2) is 11.5 Å². The molecule has 1 saturated heterocycles. The predicted octanol–water partition coefficient (Wildman–Crippen LogP) is 4.62. The summed E-state index contributed by atoms with van der Waals surface area (Å²) in [4.78, 5) is 17.6. The third-order valence-corrected chi connectivity index (χ3v) is 6.74. The van der Waals surface area contributed by atoms with Crippen LogP contribution in [0.3, 0.4) is 0 Å². The van der Waals surface area contributed by atoms with Gasteiger partial charge in [0.05, 0.1) is 25.1 Å². The normalized spacial score (nSPS) is 19.3. The Balaban J connectivity index is 1.60. The lowest BCUT2D eigenvalue weighted by Gasteiger charge is -2.25. The maximum atomic E-state index is 13.2. The van der Waals surface area contributed by atoms with Gasteiger partial charge in [0.25, 0.3) is 5.91 Å². The lowest BCUT2D eigenvalue weighted by atomic mass is 9.99. The second kappa shape index (κ2) is 7.31. The molecule has 2 heterocycles. The fourth-order valence-corrected chi connectivity index (χ4v) is 5.36. The number of hydrogen-bond donors (Lipinski definition) is 0. The van der Waals surface area contributed by atoms with Crippen LogP contribution in [-0.2, 0) is 12.8 Å². The standard InChI is InChI=1S/C21H25NO3S/c1-24-17-10-9-14(12-18(17)25-2)16-7-5-11-22(16)21(23)20-13-15-6-3-4-8-19(15)26-20/h9-10,12-13,16H,3-8,11H2,1-2H3. The van der Waals surface area contributed by atoms with E-state index in [1.807, 2.05) is 17.0 Å². The molecule has 1 amide bonds. The Morgan fingerprint density at radius 3 is 2.65 bits per heavy atom. The molecule has 4 nitrogen and oxygen atoms in total. The van der Waals surface area contributed by atoms with Gasteiger partial charge in [0, 0.05) is 11.4 Å². The van der Waals surface area contributed by atoms with E-state index in [0.29, 0.717) is 0 Å². The summed E-state index contributed by atoms with van der Waals surface area (Å²) < 4.78 is 10.8. The van der Waals surface area contributed by atoms with Crippen LogP contribution in [0.25, 0.3) is 0 Å². The third kappa shape index (κ3) is 3.09. The molecule has 138 valence electrons. The van der Waals surface area contributed by atoms with Crippen molar-refractivity contribution in [3.05, 3.63) is 45.1 Å². The number of carbonyl (C=O) groups excluding carboxylic acids is 1. The highest BCUT2D eigenvalue weighted by Gasteiger charge is 2.32. The second-order valence-corrected chi connectivity index (χ2v) is 8.17. The smallest absolute Gasteiger partial charge is 0.264 e. The molecule has 0 bridgehead atoms. The van der Waals surface area contributed by atoms with E-state index in [9.17, 15) is 4.79 Å². The third-order valence-electron chi connectivity index (χ3n) is 5.51. The lowest BCUT2D eigenvalue weighted by molar-refractivity contribution is 0.0740. The zero-order chi connectivity index (χ0) is 18.1. The number of carbonyl (C=O) groups is 1. The number of aryl methyl sites for hydroxylation is 2. The van der Waals surface area contributed by atoms with Crippen LogP contribution in [0.4, 0.5) is 0 Å². The van der Waals surface area contributed by atoms with Gasteiger partial charge in [-0.15, -0.1) is 11.3 Å². The number of hydrogen-bond acceptors (Lipinski definition) is 4. The molecule has 0 radical (unpaired) electrons. The van der Waals surface area contributed by atoms with Gasteiger partial charge in [-0.3, -0.25) is 4.79 Å². The summed E-state index contributed by atoms with van der Waals surface area (Å²) in [7, 11) is 3.29. The number of ether oxygens (including phenoxy) is 2. The molecular weight excluding hydrogens is 346 g/mol. The molecule has 5 heteroatoms. The van der Waals surface area contributed by atoms with Gasteiger partial charge in [-0.2, -0.15) is 0 Å². The van der Waals surface area contributed by atoms with Crippen molar-refractivity contribution in [2.24, 2.45) is 0 Å². The zero-order valence-corrected chi connectivity index (χ0v) is 16.2. The summed E-state index contributed by atoms with van der Waals surface area (Å²) in [5.41, 5.74) is 2.52. The highest BCUT2D eigenvalue weighted by Crippen LogP contribution is 2.39. The number of thiophene rings is 1. The predicted molar refractivity (Wildman–Crippen MR) is 104 cm³/mol. The quantitative estimate of drug-likeness (QED) is 0.787. The Hall–Kier alpha value is -2.01. The Morgan fingerprint density at radius 2 is 1.88 bits per heavy atom. The van der Waals surface area contributed by atoms with Crippen molar-refractivity contribution in [3.8, 4) is 11.5 Å². The first-order chi connectivity index (χ1) is 12.7. The van der Waals surface area contributed by atoms with Crippen molar-refractivity contribution in [1.29, 1.82) is 0 Å². The van der Waals surface area contributed by atoms with Crippen molar-refractivity contribution < 1.29 is 14.3 Å². The average molecular weight is 372 g/mol. The van der Waals surface area contributed by atoms with Gasteiger partial charge in [-0.25, -0.2) is 0 Å². The summed E-state index contributed by atoms with van der Waals surface area (Å²) in [5.74, 6) is 1.62. The molecule has 1 aliphatic heterocycles. The van der Waals surface area contributed by atoms with Crippen LogP contribution in [-0.4, -0.2) is 31.6 Å². The number of nitrogens with zero attached hydrogens (tertiary/aromatic N) is 1. The van der Waals surface area contributed by atoms with E-state index in [-0.39, 0.29) is 11.9 Å². The highest BCUT2D eigenvalue weighted by atomic mass is 32.1. The van der Waals surface area contributed by atoms with Crippen molar-refractivity contribution >= 4 is 17.2 Å². The molecule has 1 aromatic carbocycles. The van der Waals surface area contributed by atoms with E-state index in [4.69, 9.17) is 9.47 Å². The summed E-state index contributed by atoms with van der Waals surface area (Å²) in [6.07, 6.45) is 6.78. The monoisotopic (exact) mass is 371 g/mol. The van der Waals surface area contributed by atoms with Crippen LogP contribution >= 0.6 is 11.3 Å². The van der Waals surface area contributed by atoms with Gasteiger partial charge >= 0.3 is 0 Å². The largest absolute Gasteiger partial charge is 0.493 e. The van der Waals surface area contributed by atoms with Crippen molar-refractivity contribution in [2.75, 3.05) is 20.8 Å². The molecule has 1 aromatic heterocycles. The molecule has 1 atom stereocenters. The highest BCUT2D eigenvalue weighted by molar-refractivity contribution is 7.14. The maximum absolute atomic E-state index is 13.2. The first-order valence-corrected chi connectivity index (χ1v) is 10.2. The number of amides is 1. The van der Waals surface area contributed by atoms with Crippen LogP contribution in [0.2, 0.25) is 0 Å². The fourth-order valence-electron chi connectivity index (χ4n) is 4.15. The van der Waals surface area contributed by atoms with Crippen LogP contribution in [0.15, 0.2) is 24.3 Å². The molecule has 2 aliphatic rings. The van der Waals surface area contributed by atoms with E-state index in [1.54, 1.807) is 25.6 Å². The van der Waals surface area contributed by atoms with Crippen LogP contribution in [0.1, 0.15) is 57.4 Å². The Labute approximate surface area is 158 Å². The molecule has 2 aromatic rings. The van der Waals surface area contributed by atoms with Gasteiger partial charge in [0.2, 0.25) is 0 Å². The van der Waals surface area contributed by atoms with Crippen molar-refractivity contribution in [2.45, 2.75) is 44.6 Å². The van der Waals surface area contributed by atoms with Gasteiger partial charge in [0.1, 0.15) is 0 Å². The van der Waals surface area contributed by atoms with Crippen molar-refractivity contribution in [3.63, 3.8) is 0 Å². The minimum atomic E-state index is 0.112. The van der Waals surface area contributed by atoms with E-state index in [2.05, 4.69) is 12.1 Å². The molecule has 1 fully saturated rings. The van der Waals surface area contributed by atoms with Gasteiger partial charge < -0.3 is 14.4 Å². The topological polar surface area (TPSA) is 38.8 Å². The number of rotatable bonds is 4. The summed E-state index contributed by atoms with van der Waals surface area (Å²) in [6, 6.07) is 8.25. The maximum Gasteiger partial charge on any atom is 0.264 e. The molecule has 1 unspecified atom stereocenters. The zero-order valence-electron chi connectivity index (χ0n) is 15.4. The number of likely N-dealkylation sites (tertiary alicyclic amines) is 1. The first-order valence-electron chi connectivity index (χ1n) is 9.35. The van der Waals surface area contributed by atoms with Gasteiger partial charge in [-0.05, 0) is 67.9 Å². The molecule has 0 N–H and O–H groups in total. The average Bonchev–Trinajstić information content (AvgIpc) is 3.33. The van der Waals surface area contributed by atoms with E-state index in [0.717, 1.165) is 54.2 Å². The number of fused-ring (bicyclic) bond motifs is 1. The summed E-state index contributed by atoms with van der Waals surface area (Å²) in [5, 5.41) is 0. The molecule has 0 spiro atoms. The molecule has 4 rings (SSSR count). The summed E-state index contributed by atoms with van der Waals surface area (Å²) in [6.45, 7) is 0.820. The van der Waals surface area contributed by atoms with E-state index in [1.165, 1.54) is 23.3 Å². The Morgan fingerprint density at radius 1 is 1.08 bits per heavy atom. The first kappa shape index (κ1) is 17.4. The van der Waals surface area contributed by atoms with Crippen LogP contribution < -0.4 is 9.47 Å². The molecule has 26 heavy (non-hydrogen) atoms. The van der Waals surface area contributed by atoms with Crippen molar-refractivity contribution in [1.82, 2.24) is 4.90 Å². The van der Waals surface area contributed by atoms with Crippen LogP contribution in [0.5, 0.6) is 11.5 Å². The minimum Gasteiger partial charge on any atom is -0.493 e. The SMILES string of the molecule is COc1ccc(C2CCCN2C(=O)c2cc3c(s2)CCCC3)cc1OC. The Bertz CT molecular complexity index is 790.